The fourth-order valence-electron chi connectivity index (χ4n) is 1.94. The minimum atomic E-state index is -0.483. The van der Waals surface area contributed by atoms with Gasteiger partial charge in [-0.1, -0.05) is 23.7 Å². The van der Waals surface area contributed by atoms with E-state index in [0.29, 0.717) is 20.8 Å². The van der Waals surface area contributed by atoms with E-state index in [9.17, 15) is 9.90 Å². The molecule has 2 heterocycles. The molecule has 21 heavy (non-hydrogen) atoms. The van der Waals surface area contributed by atoms with Crippen LogP contribution in [0.4, 0.5) is 0 Å². The van der Waals surface area contributed by atoms with Crippen molar-refractivity contribution < 1.29 is 9.52 Å². The van der Waals surface area contributed by atoms with E-state index < -0.39 is 5.56 Å². The van der Waals surface area contributed by atoms with E-state index in [1.807, 2.05) is 0 Å². The molecule has 0 spiro atoms. The molecule has 0 unspecified atom stereocenters. The number of nitrogens with zero attached hydrogens (tertiary/aromatic N) is 1. The van der Waals surface area contributed by atoms with Crippen LogP contribution in [0.25, 0.3) is 22.7 Å². The van der Waals surface area contributed by atoms with Crippen LogP contribution in [0.5, 0.6) is 5.88 Å². The van der Waals surface area contributed by atoms with Gasteiger partial charge in [-0.05, 0) is 39.7 Å². The highest BCUT2D eigenvalue weighted by molar-refractivity contribution is 9.10. The van der Waals surface area contributed by atoms with Gasteiger partial charge in [-0.3, -0.25) is 4.79 Å². The summed E-state index contributed by atoms with van der Waals surface area (Å²) < 4.78 is 5.84. The summed E-state index contributed by atoms with van der Waals surface area (Å²) in [5, 5.41) is 10.5. The second-order valence-electron chi connectivity index (χ2n) is 4.22. The lowest BCUT2D eigenvalue weighted by Gasteiger charge is -2.05. The number of H-pyrrole nitrogens is 1. The van der Waals surface area contributed by atoms with Crippen molar-refractivity contribution in [2.45, 2.75) is 0 Å². The van der Waals surface area contributed by atoms with Gasteiger partial charge in [0, 0.05) is 5.02 Å². The van der Waals surface area contributed by atoms with Gasteiger partial charge < -0.3 is 14.5 Å². The minimum absolute atomic E-state index is 0.0592. The fraction of sp³-hybridized carbons (Fsp3) is 0. The van der Waals surface area contributed by atoms with Gasteiger partial charge in [0.2, 0.25) is 5.88 Å². The topological polar surface area (TPSA) is 79.1 Å². The maximum Gasteiger partial charge on any atom is 0.263 e. The third kappa shape index (κ3) is 2.59. The monoisotopic (exact) mass is 366 g/mol. The predicted molar refractivity (Wildman–Crippen MR) is 82.4 cm³/mol. The molecule has 3 rings (SSSR count). The molecule has 1 aromatic carbocycles. The van der Waals surface area contributed by atoms with Crippen LogP contribution >= 0.6 is 27.5 Å². The normalized spacial score (nSPS) is 10.8. The van der Waals surface area contributed by atoms with Gasteiger partial charge in [-0.15, -0.1) is 0 Å². The van der Waals surface area contributed by atoms with Crippen molar-refractivity contribution in [2.75, 3.05) is 0 Å². The Morgan fingerprint density at radius 2 is 2.14 bits per heavy atom. The van der Waals surface area contributed by atoms with Crippen LogP contribution in [0.1, 0.15) is 0 Å². The molecule has 2 aromatic heterocycles. The number of aromatic amines is 1. The molecule has 0 aliphatic rings. The Bertz CT molecular complexity index is 873. The first-order chi connectivity index (χ1) is 10.1. The van der Waals surface area contributed by atoms with Crippen LogP contribution in [-0.4, -0.2) is 15.1 Å². The van der Waals surface area contributed by atoms with Crippen molar-refractivity contribution in [2.24, 2.45) is 0 Å². The quantitative estimate of drug-likeness (QED) is 0.722. The van der Waals surface area contributed by atoms with Gasteiger partial charge in [0.05, 0.1) is 10.7 Å². The number of hydrogen-bond acceptors (Lipinski definition) is 4. The number of aromatic nitrogens is 2. The zero-order valence-electron chi connectivity index (χ0n) is 10.4. The van der Waals surface area contributed by atoms with Crippen LogP contribution in [0.2, 0.25) is 5.02 Å². The molecule has 0 aliphatic carbocycles. The summed E-state index contributed by atoms with van der Waals surface area (Å²) in [4.78, 5) is 18.8. The van der Waals surface area contributed by atoms with E-state index in [1.54, 1.807) is 30.3 Å². The van der Waals surface area contributed by atoms with Crippen LogP contribution in [0, 0.1) is 0 Å². The van der Waals surface area contributed by atoms with Gasteiger partial charge in [-0.25, -0.2) is 0 Å². The largest absolute Gasteiger partial charge is 0.493 e. The highest BCUT2D eigenvalue weighted by Crippen LogP contribution is 2.30. The molecule has 0 saturated heterocycles. The maximum absolute atomic E-state index is 12.2. The van der Waals surface area contributed by atoms with Crippen LogP contribution < -0.4 is 5.56 Å². The zero-order valence-corrected chi connectivity index (χ0v) is 12.8. The van der Waals surface area contributed by atoms with Crippen LogP contribution in [0.15, 0.2) is 50.3 Å². The minimum Gasteiger partial charge on any atom is -0.493 e. The molecule has 0 fully saturated rings. The third-order valence-corrected chi connectivity index (χ3v) is 3.71. The molecule has 5 nitrogen and oxygen atoms in total. The van der Waals surface area contributed by atoms with Gasteiger partial charge in [0.15, 0.2) is 11.6 Å². The Balaban J connectivity index is 2.18. The van der Waals surface area contributed by atoms with Gasteiger partial charge in [0.25, 0.3) is 5.56 Å². The molecular weight excluding hydrogens is 360 g/mol. The molecule has 106 valence electrons. The van der Waals surface area contributed by atoms with Crippen LogP contribution in [0.3, 0.4) is 0 Å². The van der Waals surface area contributed by atoms with Crippen molar-refractivity contribution >= 4 is 27.5 Å². The molecule has 0 aliphatic heterocycles. The Hall–Kier alpha value is -2.05. The summed E-state index contributed by atoms with van der Waals surface area (Å²) in [6.07, 6.45) is 1.45. The number of furan rings is 1. The Labute approximate surface area is 132 Å². The Kier molecular flexibility index (Phi) is 3.57. The molecule has 3 aromatic rings. The van der Waals surface area contributed by atoms with Crippen molar-refractivity contribution in [3.05, 3.63) is 56.4 Å². The van der Waals surface area contributed by atoms with Gasteiger partial charge in [0.1, 0.15) is 5.56 Å². The van der Waals surface area contributed by atoms with E-state index in [2.05, 4.69) is 25.9 Å². The van der Waals surface area contributed by atoms with Crippen molar-refractivity contribution in [3.8, 4) is 28.6 Å². The van der Waals surface area contributed by atoms with Crippen molar-refractivity contribution in [1.82, 2.24) is 9.97 Å². The van der Waals surface area contributed by atoms with E-state index in [0.717, 1.165) is 0 Å². The average Bonchev–Trinajstić information content (AvgIpc) is 2.84. The SMILES string of the molecule is O=c1[nH]c(-c2occc2Br)nc(O)c1-c1cccc(Cl)c1. The Morgan fingerprint density at radius 3 is 2.76 bits per heavy atom. The second kappa shape index (κ2) is 5.38. The van der Waals surface area contributed by atoms with E-state index in [-0.39, 0.29) is 17.3 Å². The summed E-state index contributed by atoms with van der Waals surface area (Å²) in [5.41, 5.74) is 0.0609. The summed E-state index contributed by atoms with van der Waals surface area (Å²) in [7, 11) is 0. The van der Waals surface area contributed by atoms with Crippen molar-refractivity contribution in [3.63, 3.8) is 0 Å². The maximum atomic E-state index is 12.2. The lowest BCUT2D eigenvalue weighted by Crippen LogP contribution is -2.12. The fourth-order valence-corrected chi connectivity index (χ4v) is 2.52. The average molecular weight is 368 g/mol. The molecular formula is C14H8BrClN2O3. The molecule has 2 N–H and O–H groups in total. The molecule has 0 bridgehead atoms. The standard InChI is InChI=1S/C14H8BrClN2O3/c15-9-4-5-21-11(9)12-17-13(19)10(14(20)18-12)7-2-1-3-8(16)6-7/h1-6H,(H2,17,18,19,20). The summed E-state index contributed by atoms with van der Waals surface area (Å²) >= 11 is 9.17. The third-order valence-electron chi connectivity index (χ3n) is 2.85. The highest BCUT2D eigenvalue weighted by Gasteiger charge is 2.17. The highest BCUT2D eigenvalue weighted by atomic mass is 79.9. The number of benzene rings is 1. The summed E-state index contributed by atoms with van der Waals surface area (Å²) in [6.45, 7) is 0. The molecule has 0 radical (unpaired) electrons. The van der Waals surface area contributed by atoms with E-state index >= 15 is 0 Å². The first kappa shape index (κ1) is 13.9. The summed E-state index contributed by atoms with van der Waals surface area (Å²) in [5.74, 6) is 0.0829. The number of rotatable bonds is 2. The number of hydrogen-bond donors (Lipinski definition) is 2. The lowest BCUT2D eigenvalue weighted by molar-refractivity contribution is 0.452. The lowest BCUT2D eigenvalue weighted by atomic mass is 10.1. The smallest absolute Gasteiger partial charge is 0.263 e. The zero-order chi connectivity index (χ0) is 15.0. The number of halogens is 2. The Morgan fingerprint density at radius 1 is 1.33 bits per heavy atom. The van der Waals surface area contributed by atoms with Crippen LogP contribution in [-0.2, 0) is 0 Å². The van der Waals surface area contributed by atoms with Gasteiger partial charge in [-0.2, -0.15) is 4.98 Å². The number of nitrogens with one attached hydrogen (secondary N) is 1. The number of aromatic hydroxyl groups is 1. The molecule has 0 saturated carbocycles. The predicted octanol–water partition coefficient (Wildman–Crippen LogP) is 3.82. The first-order valence-corrected chi connectivity index (χ1v) is 7.06. The van der Waals surface area contributed by atoms with E-state index in [4.69, 9.17) is 16.0 Å². The molecule has 7 heteroatoms. The van der Waals surface area contributed by atoms with Crippen molar-refractivity contribution in [1.29, 1.82) is 0 Å². The summed E-state index contributed by atoms with van der Waals surface area (Å²) in [6, 6.07) is 8.28. The van der Waals surface area contributed by atoms with E-state index in [1.165, 1.54) is 6.26 Å². The molecule has 0 amide bonds. The second-order valence-corrected chi connectivity index (χ2v) is 5.51. The molecule has 0 atom stereocenters. The van der Waals surface area contributed by atoms with Gasteiger partial charge >= 0.3 is 0 Å². The first-order valence-electron chi connectivity index (χ1n) is 5.89.